The number of anilines is 2. The molecule has 0 aliphatic carbocycles. The first-order chi connectivity index (χ1) is 22.2. The third-order valence-electron chi connectivity index (χ3n) is 7.75. The van der Waals surface area contributed by atoms with E-state index in [1.807, 2.05) is 20.8 Å². The van der Waals surface area contributed by atoms with Crippen LogP contribution in [0, 0.1) is 0 Å². The number of amides is 3. The second-order valence-electron chi connectivity index (χ2n) is 11.8. The average molecular weight is 667 g/mol. The highest BCUT2D eigenvalue weighted by atomic mass is 32.2. The number of nitrogens with zero attached hydrogens (tertiary/aromatic N) is 1. The quantitative estimate of drug-likeness (QED) is 0.177. The summed E-state index contributed by atoms with van der Waals surface area (Å²) in [5.41, 5.74) is 7.31. The van der Waals surface area contributed by atoms with Gasteiger partial charge in [0.2, 0.25) is 11.8 Å². The number of ether oxygens (including phenoxy) is 2. The predicted molar refractivity (Wildman–Crippen MR) is 179 cm³/mol. The molecule has 0 radical (unpaired) electrons. The number of primary amides is 1. The summed E-state index contributed by atoms with van der Waals surface area (Å²) < 4.78 is 38.8. The molecule has 252 valence electrons. The number of carboxylic acid groups (broad SMARTS) is 1. The molecule has 3 aromatic rings. The van der Waals surface area contributed by atoms with E-state index in [2.05, 4.69) is 10.6 Å². The number of carbonyl (C=O) groups is 3. The van der Waals surface area contributed by atoms with Gasteiger partial charge in [-0.15, -0.1) is 0 Å². The smallest absolute Gasteiger partial charge is 0.409 e. The molecule has 4 rings (SSSR count). The monoisotopic (exact) mass is 666 g/mol. The van der Waals surface area contributed by atoms with Gasteiger partial charge >= 0.3 is 6.09 Å². The molecule has 0 unspecified atom stereocenters. The molecule has 3 aromatic carbocycles. The summed E-state index contributed by atoms with van der Waals surface area (Å²) in [6.07, 6.45) is -0.381. The minimum absolute atomic E-state index is 0.0422. The number of rotatable bonds is 13. The number of nitrogens with two attached hydrogens (primary N) is 1. The van der Waals surface area contributed by atoms with Gasteiger partial charge in [-0.1, -0.05) is 12.1 Å². The van der Waals surface area contributed by atoms with Crippen molar-refractivity contribution < 1.29 is 37.4 Å². The van der Waals surface area contributed by atoms with E-state index in [0.717, 1.165) is 0 Å². The number of sulfone groups is 1. The van der Waals surface area contributed by atoms with Crippen molar-refractivity contribution in [3.05, 3.63) is 77.4 Å². The topological polar surface area (TPSA) is 177 Å². The van der Waals surface area contributed by atoms with E-state index < -0.39 is 39.2 Å². The highest BCUT2D eigenvalue weighted by molar-refractivity contribution is 7.92. The molecule has 1 fully saturated rings. The lowest BCUT2D eigenvalue weighted by atomic mass is 10.0. The van der Waals surface area contributed by atoms with Gasteiger partial charge in [0, 0.05) is 23.5 Å². The van der Waals surface area contributed by atoms with Crippen LogP contribution >= 0.6 is 0 Å². The normalized spacial score (nSPS) is 15.4. The third kappa shape index (κ3) is 8.15. The number of hydrogen-bond acceptors (Lipinski definition) is 8. The molecule has 0 aromatic heterocycles. The van der Waals surface area contributed by atoms with Gasteiger partial charge in [0.15, 0.2) is 21.3 Å². The van der Waals surface area contributed by atoms with Crippen molar-refractivity contribution in [2.24, 2.45) is 5.73 Å². The van der Waals surface area contributed by atoms with Crippen molar-refractivity contribution in [3.8, 4) is 11.5 Å². The van der Waals surface area contributed by atoms with Crippen molar-refractivity contribution in [1.82, 2.24) is 4.90 Å². The average Bonchev–Trinajstić information content (AvgIpc) is 3.50. The molecule has 1 aliphatic rings. The van der Waals surface area contributed by atoms with Gasteiger partial charge in [0.05, 0.1) is 28.9 Å². The largest absolute Gasteiger partial charge is 0.490 e. The second kappa shape index (κ2) is 14.8. The van der Waals surface area contributed by atoms with Gasteiger partial charge in [0.1, 0.15) is 6.04 Å². The minimum Gasteiger partial charge on any atom is -0.490 e. The van der Waals surface area contributed by atoms with Crippen LogP contribution < -0.4 is 25.8 Å². The van der Waals surface area contributed by atoms with E-state index in [1.54, 1.807) is 61.2 Å². The fourth-order valence-electron chi connectivity index (χ4n) is 5.58. The Kier molecular flexibility index (Phi) is 11.0. The van der Waals surface area contributed by atoms with Gasteiger partial charge in [-0.2, -0.15) is 0 Å². The fourth-order valence-corrected chi connectivity index (χ4v) is 6.87. The Labute approximate surface area is 275 Å². The number of benzene rings is 3. The molecule has 5 N–H and O–H groups in total. The zero-order valence-electron chi connectivity index (χ0n) is 27.1. The molecule has 13 heteroatoms. The SMILES string of the molecule is CCOc1cc([C@H](Nc2cccc(C(N)=O)c2)C(=O)N2CCC[C@@H]2c2cc(NC(=O)O)ccc2S(=O)(=O)C(C)C)ccc1OC(C)C. The number of hydrogen-bond donors (Lipinski definition) is 4. The summed E-state index contributed by atoms with van der Waals surface area (Å²) in [6.45, 7) is 9.45. The van der Waals surface area contributed by atoms with Crippen LogP contribution in [0.1, 0.15) is 81.0 Å². The van der Waals surface area contributed by atoms with Crippen LogP contribution in [0.5, 0.6) is 11.5 Å². The van der Waals surface area contributed by atoms with Crippen LogP contribution in [-0.4, -0.2) is 60.8 Å². The number of nitrogens with one attached hydrogen (secondary N) is 2. The molecule has 0 bridgehead atoms. The molecule has 1 heterocycles. The maximum absolute atomic E-state index is 14.7. The highest BCUT2D eigenvalue weighted by Gasteiger charge is 2.38. The first-order valence-electron chi connectivity index (χ1n) is 15.5. The predicted octanol–water partition coefficient (Wildman–Crippen LogP) is 5.76. The van der Waals surface area contributed by atoms with E-state index in [9.17, 15) is 27.9 Å². The second-order valence-corrected chi connectivity index (χ2v) is 14.3. The van der Waals surface area contributed by atoms with E-state index in [0.29, 0.717) is 54.3 Å². The summed E-state index contributed by atoms with van der Waals surface area (Å²) >= 11 is 0. The molecule has 2 atom stereocenters. The van der Waals surface area contributed by atoms with Crippen LogP contribution in [0.4, 0.5) is 16.2 Å². The minimum atomic E-state index is -3.80. The van der Waals surface area contributed by atoms with E-state index >= 15 is 0 Å². The fraction of sp³-hybridized carbons (Fsp3) is 0.382. The van der Waals surface area contributed by atoms with E-state index in [-0.39, 0.29) is 28.2 Å². The lowest BCUT2D eigenvalue weighted by Gasteiger charge is -2.32. The first-order valence-corrected chi connectivity index (χ1v) is 17.1. The Morgan fingerprint density at radius 2 is 1.74 bits per heavy atom. The summed E-state index contributed by atoms with van der Waals surface area (Å²) in [5.74, 6) is -0.0297. The van der Waals surface area contributed by atoms with Crippen molar-refractivity contribution >= 4 is 39.1 Å². The Hall–Kier alpha value is -4.78. The molecule has 1 aliphatic heterocycles. The third-order valence-corrected chi connectivity index (χ3v) is 9.98. The highest BCUT2D eigenvalue weighted by Crippen LogP contribution is 2.41. The van der Waals surface area contributed by atoms with Crippen LogP contribution in [0.25, 0.3) is 0 Å². The van der Waals surface area contributed by atoms with Crippen LogP contribution in [0.15, 0.2) is 65.6 Å². The molecular weight excluding hydrogens is 624 g/mol. The summed E-state index contributed by atoms with van der Waals surface area (Å²) in [6, 6.07) is 14.3. The first kappa shape index (κ1) is 35.1. The lowest BCUT2D eigenvalue weighted by Crippen LogP contribution is -2.38. The van der Waals surface area contributed by atoms with Gasteiger partial charge in [-0.05, 0) is 107 Å². The summed E-state index contributed by atoms with van der Waals surface area (Å²) in [7, 11) is -3.80. The van der Waals surface area contributed by atoms with Gasteiger partial charge in [-0.3, -0.25) is 14.9 Å². The number of likely N-dealkylation sites (tertiary alicyclic amines) is 1. The van der Waals surface area contributed by atoms with Crippen molar-refractivity contribution in [3.63, 3.8) is 0 Å². The van der Waals surface area contributed by atoms with Gasteiger partial charge in [0.25, 0.3) is 0 Å². The zero-order valence-corrected chi connectivity index (χ0v) is 28.0. The Morgan fingerprint density at radius 1 is 1.00 bits per heavy atom. The Balaban J connectivity index is 1.84. The van der Waals surface area contributed by atoms with Crippen LogP contribution in [-0.2, 0) is 14.6 Å². The molecule has 12 nitrogen and oxygen atoms in total. The molecular formula is C34H42N4O8S. The Bertz CT molecular complexity index is 1740. The Morgan fingerprint density at radius 3 is 2.38 bits per heavy atom. The van der Waals surface area contributed by atoms with Gasteiger partial charge < -0.3 is 30.5 Å². The standard InChI is InChI=1S/C34H42N4O8S/c1-6-45-29-18-22(12-14-28(29)46-20(2)3)31(36-24-10-7-9-23(17-24)32(35)39)33(40)38-16-8-11-27(38)26-19-25(37-34(41)42)13-15-30(26)47(43,44)21(4)5/h7,9-10,12-15,17-21,27,31,36-37H,6,8,11,16H2,1-5H3,(H2,35,39)(H,41,42)/t27-,31+/m1/s1. The molecule has 1 saturated heterocycles. The van der Waals surface area contributed by atoms with E-state index in [4.69, 9.17) is 15.2 Å². The maximum Gasteiger partial charge on any atom is 0.409 e. The van der Waals surface area contributed by atoms with Gasteiger partial charge in [-0.25, -0.2) is 13.2 Å². The van der Waals surface area contributed by atoms with Crippen LogP contribution in [0.2, 0.25) is 0 Å². The maximum atomic E-state index is 14.7. The van der Waals surface area contributed by atoms with Crippen molar-refractivity contribution in [1.29, 1.82) is 0 Å². The van der Waals surface area contributed by atoms with Crippen LogP contribution in [0.3, 0.4) is 0 Å². The molecule has 0 saturated carbocycles. The lowest BCUT2D eigenvalue weighted by molar-refractivity contribution is -0.133. The summed E-state index contributed by atoms with van der Waals surface area (Å²) in [5, 5.41) is 14.2. The zero-order chi connectivity index (χ0) is 34.5. The van der Waals surface area contributed by atoms with Crippen molar-refractivity contribution in [2.45, 2.75) is 75.8 Å². The molecule has 0 spiro atoms. The summed E-state index contributed by atoms with van der Waals surface area (Å²) in [4.78, 5) is 39.7. The molecule has 3 amide bonds. The van der Waals surface area contributed by atoms with Crippen molar-refractivity contribution in [2.75, 3.05) is 23.8 Å². The van der Waals surface area contributed by atoms with E-state index in [1.165, 1.54) is 18.2 Å². The molecule has 47 heavy (non-hydrogen) atoms. The number of carbonyl (C=O) groups excluding carboxylic acids is 2.